The Morgan fingerprint density at radius 1 is 0.956 bits per heavy atom. The molecule has 11 nitrogen and oxygen atoms in total. The summed E-state index contributed by atoms with van der Waals surface area (Å²) in [7, 11) is 0. The molecule has 0 saturated heterocycles. The number of carbonyl (C=O) groups excluding carboxylic acids is 4. The molecule has 0 fully saturated rings. The number of pyridine rings is 1. The standard InChI is InChI=1S/C34H30N4O7/c1-20(40)44-29(27-10-7-17-38(33(27)43)24-14-11-22(12-15-24)34(2,3)4)32(42)35-23-13-16-26-28(18-23)45-37-30(26)36-31(41)25-9-6-5-8-21(25)19-39/h5-19,29H,1-4H3,(H,35,42)(H,36,37,41). The number of nitrogens with one attached hydrogen (secondary N) is 2. The predicted octanol–water partition coefficient (Wildman–Crippen LogP) is 5.58. The second-order valence-electron chi connectivity index (χ2n) is 11.3. The van der Waals surface area contributed by atoms with Crippen molar-refractivity contribution in [1.29, 1.82) is 0 Å². The van der Waals surface area contributed by atoms with E-state index < -0.39 is 29.4 Å². The lowest BCUT2D eigenvalue weighted by molar-refractivity contribution is -0.152. The Hall–Kier alpha value is -5.84. The van der Waals surface area contributed by atoms with Crippen molar-refractivity contribution in [3.8, 4) is 5.69 Å². The average Bonchev–Trinajstić information content (AvgIpc) is 3.41. The van der Waals surface area contributed by atoms with Crippen molar-refractivity contribution in [1.82, 2.24) is 9.72 Å². The maximum absolute atomic E-state index is 13.6. The van der Waals surface area contributed by atoms with Gasteiger partial charge in [-0.2, -0.15) is 0 Å². The van der Waals surface area contributed by atoms with E-state index >= 15 is 0 Å². The molecular formula is C34H30N4O7. The van der Waals surface area contributed by atoms with Gasteiger partial charge in [0.05, 0.1) is 16.5 Å². The van der Waals surface area contributed by atoms with Gasteiger partial charge >= 0.3 is 5.97 Å². The van der Waals surface area contributed by atoms with E-state index in [1.54, 1.807) is 30.5 Å². The number of benzene rings is 3. The largest absolute Gasteiger partial charge is 0.447 e. The summed E-state index contributed by atoms with van der Waals surface area (Å²) in [6.45, 7) is 7.42. The number of aldehydes is 1. The molecule has 11 heteroatoms. The molecule has 0 aliphatic heterocycles. The minimum Gasteiger partial charge on any atom is -0.447 e. The van der Waals surface area contributed by atoms with Crippen molar-refractivity contribution in [2.75, 3.05) is 10.6 Å². The van der Waals surface area contributed by atoms with E-state index in [0.29, 0.717) is 17.4 Å². The van der Waals surface area contributed by atoms with Crippen molar-refractivity contribution in [3.63, 3.8) is 0 Å². The smallest absolute Gasteiger partial charge is 0.303 e. The molecule has 0 aliphatic carbocycles. The van der Waals surface area contributed by atoms with Crippen LogP contribution in [-0.2, 0) is 19.7 Å². The lowest BCUT2D eigenvalue weighted by atomic mass is 9.87. The number of nitrogens with zero attached hydrogens (tertiary/aromatic N) is 2. The summed E-state index contributed by atoms with van der Waals surface area (Å²) < 4.78 is 12.1. The number of anilines is 2. The van der Waals surface area contributed by atoms with Gasteiger partial charge in [0.1, 0.15) is 0 Å². The molecule has 0 aliphatic rings. The van der Waals surface area contributed by atoms with Gasteiger partial charge in [-0.15, -0.1) is 0 Å². The summed E-state index contributed by atoms with van der Waals surface area (Å²) in [4.78, 5) is 63.1. The van der Waals surface area contributed by atoms with Crippen LogP contribution in [0.15, 0.2) is 94.4 Å². The Balaban J connectivity index is 1.39. The summed E-state index contributed by atoms with van der Waals surface area (Å²) in [5.41, 5.74) is 1.94. The van der Waals surface area contributed by atoms with Crippen LogP contribution in [-0.4, -0.2) is 33.8 Å². The minimum atomic E-state index is -1.55. The lowest BCUT2D eigenvalue weighted by Crippen LogP contribution is -2.32. The Labute approximate surface area is 257 Å². The van der Waals surface area contributed by atoms with E-state index in [1.165, 1.54) is 34.9 Å². The molecule has 2 amide bonds. The molecule has 3 aromatic carbocycles. The Bertz CT molecular complexity index is 1980. The molecule has 0 spiro atoms. The molecule has 0 bridgehead atoms. The van der Waals surface area contributed by atoms with Gasteiger partial charge in [-0.3, -0.25) is 28.5 Å². The number of carbonyl (C=O) groups is 4. The van der Waals surface area contributed by atoms with Crippen molar-refractivity contribution >= 4 is 46.5 Å². The fraction of sp³-hybridized carbons (Fsp3) is 0.176. The van der Waals surface area contributed by atoms with Crippen molar-refractivity contribution in [2.24, 2.45) is 0 Å². The summed E-state index contributed by atoms with van der Waals surface area (Å²) in [6, 6.07) is 21.4. The summed E-state index contributed by atoms with van der Waals surface area (Å²) in [5.74, 6) is -1.94. The number of ether oxygens (including phenoxy) is 1. The van der Waals surface area contributed by atoms with Crippen LogP contribution in [0.2, 0.25) is 0 Å². The van der Waals surface area contributed by atoms with Crippen LogP contribution in [0.3, 0.4) is 0 Å². The molecule has 2 aromatic heterocycles. The molecule has 1 atom stereocenters. The van der Waals surface area contributed by atoms with Crippen molar-refractivity contribution < 1.29 is 28.4 Å². The van der Waals surface area contributed by atoms with Gasteiger partial charge in [0.25, 0.3) is 17.4 Å². The number of hydrogen-bond acceptors (Lipinski definition) is 8. The van der Waals surface area contributed by atoms with Crippen molar-refractivity contribution in [2.45, 2.75) is 39.2 Å². The normalized spacial score (nSPS) is 11.9. The third kappa shape index (κ3) is 6.57. The number of amides is 2. The van der Waals surface area contributed by atoms with E-state index in [9.17, 15) is 24.0 Å². The third-order valence-electron chi connectivity index (χ3n) is 7.10. The fourth-order valence-corrected chi connectivity index (χ4v) is 4.75. The fourth-order valence-electron chi connectivity index (χ4n) is 4.75. The predicted molar refractivity (Wildman–Crippen MR) is 168 cm³/mol. The van der Waals surface area contributed by atoms with E-state index in [1.807, 2.05) is 24.3 Å². The van der Waals surface area contributed by atoms with Gasteiger partial charge in [-0.05, 0) is 53.4 Å². The number of hydrogen-bond donors (Lipinski definition) is 2. The van der Waals surface area contributed by atoms with E-state index in [2.05, 4.69) is 36.6 Å². The monoisotopic (exact) mass is 606 g/mol. The number of rotatable bonds is 8. The highest BCUT2D eigenvalue weighted by Gasteiger charge is 2.28. The summed E-state index contributed by atoms with van der Waals surface area (Å²) >= 11 is 0. The van der Waals surface area contributed by atoms with Crippen LogP contribution in [0.4, 0.5) is 11.5 Å². The zero-order chi connectivity index (χ0) is 32.3. The van der Waals surface area contributed by atoms with Crippen molar-refractivity contribution in [3.05, 3.63) is 118 Å². The number of aromatic nitrogens is 2. The molecule has 5 rings (SSSR count). The molecular weight excluding hydrogens is 576 g/mol. The quantitative estimate of drug-likeness (QED) is 0.172. The van der Waals surface area contributed by atoms with E-state index in [4.69, 9.17) is 9.26 Å². The van der Waals surface area contributed by atoms with Crippen LogP contribution >= 0.6 is 0 Å². The van der Waals surface area contributed by atoms with Gasteiger partial charge in [0, 0.05) is 36.1 Å². The summed E-state index contributed by atoms with van der Waals surface area (Å²) in [5, 5.41) is 9.63. The summed E-state index contributed by atoms with van der Waals surface area (Å²) in [6.07, 6.45) is 0.615. The van der Waals surface area contributed by atoms with E-state index in [-0.39, 0.29) is 39.2 Å². The first-order valence-electron chi connectivity index (χ1n) is 14.0. The third-order valence-corrected chi connectivity index (χ3v) is 7.10. The molecule has 2 heterocycles. The molecule has 5 aromatic rings. The highest BCUT2D eigenvalue weighted by molar-refractivity contribution is 6.11. The van der Waals surface area contributed by atoms with Crippen LogP contribution in [0.1, 0.15) is 65.6 Å². The van der Waals surface area contributed by atoms with Crippen LogP contribution in [0.25, 0.3) is 16.7 Å². The average molecular weight is 607 g/mol. The first-order valence-corrected chi connectivity index (χ1v) is 14.0. The van der Waals surface area contributed by atoms with Gasteiger partial charge in [-0.1, -0.05) is 56.3 Å². The van der Waals surface area contributed by atoms with Gasteiger partial charge < -0.3 is 19.9 Å². The molecule has 45 heavy (non-hydrogen) atoms. The molecule has 228 valence electrons. The lowest BCUT2D eigenvalue weighted by Gasteiger charge is -2.20. The topological polar surface area (TPSA) is 150 Å². The maximum Gasteiger partial charge on any atom is 0.303 e. The van der Waals surface area contributed by atoms with Crippen LogP contribution in [0.5, 0.6) is 0 Å². The second kappa shape index (κ2) is 12.4. The second-order valence-corrected chi connectivity index (χ2v) is 11.3. The number of fused-ring (bicyclic) bond motifs is 1. The first kappa shape index (κ1) is 30.6. The first-order chi connectivity index (χ1) is 21.5. The molecule has 2 N–H and O–H groups in total. The molecule has 0 saturated carbocycles. The Morgan fingerprint density at radius 2 is 1.69 bits per heavy atom. The minimum absolute atomic E-state index is 0.0357. The maximum atomic E-state index is 13.6. The molecule has 0 radical (unpaired) electrons. The van der Waals surface area contributed by atoms with Gasteiger partial charge in [0.2, 0.25) is 6.10 Å². The Morgan fingerprint density at radius 3 is 2.38 bits per heavy atom. The molecule has 1 unspecified atom stereocenters. The SMILES string of the molecule is CC(=O)OC(C(=O)Nc1ccc2c(NC(=O)c3ccccc3C=O)noc2c1)c1cccn(-c2ccc(C(C)(C)C)cc2)c1=O. The zero-order valence-corrected chi connectivity index (χ0v) is 25.0. The highest BCUT2D eigenvalue weighted by Crippen LogP contribution is 2.28. The van der Waals surface area contributed by atoms with Crippen LogP contribution in [0, 0.1) is 0 Å². The Kier molecular flexibility index (Phi) is 8.44. The van der Waals surface area contributed by atoms with Gasteiger partial charge in [-0.25, -0.2) is 0 Å². The zero-order valence-electron chi connectivity index (χ0n) is 25.0. The van der Waals surface area contributed by atoms with Crippen LogP contribution < -0.4 is 16.2 Å². The highest BCUT2D eigenvalue weighted by atomic mass is 16.5. The van der Waals surface area contributed by atoms with Gasteiger partial charge in [0.15, 0.2) is 17.7 Å². The van der Waals surface area contributed by atoms with E-state index in [0.717, 1.165) is 12.5 Å². The number of esters is 1.